The average Bonchev–Trinajstić information content (AvgIpc) is 3.43. The third kappa shape index (κ3) is 4.22. The Morgan fingerprint density at radius 1 is 0.917 bits per heavy atom. The summed E-state index contributed by atoms with van der Waals surface area (Å²) in [5, 5.41) is 4.65. The molecule has 0 amide bonds. The van der Waals surface area contributed by atoms with Crippen molar-refractivity contribution in [1.82, 2.24) is 9.78 Å². The van der Waals surface area contributed by atoms with Crippen LogP contribution in [0.2, 0.25) is 0 Å². The summed E-state index contributed by atoms with van der Waals surface area (Å²) >= 11 is 0. The fraction of sp³-hybridized carbons (Fsp3) is 0.167. The van der Waals surface area contributed by atoms with Crippen molar-refractivity contribution >= 4 is 17.4 Å². The Balaban J connectivity index is 1.38. The number of anilines is 1. The topological polar surface area (TPSA) is 64.4 Å². The predicted molar refractivity (Wildman–Crippen MR) is 140 cm³/mol. The summed E-state index contributed by atoms with van der Waals surface area (Å²) in [4.78, 5) is 28.0. The zero-order valence-corrected chi connectivity index (χ0v) is 20.5. The van der Waals surface area contributed by atoms with Crippen molar-refractivity contribution in [1.29, 1.82) is 0 Å². The van der Waals surface area contributed by atoms with Crippen molar-refractivity contribution < 1.29 is 14.3 Å². The van der Waals surface area contributed by atoms with Gasteiger partial charge in [-0.05, 0) is 29.8 Å². The largest absolute Gasteiger partial charge is 0.453 e. The highest BCUT2D eigenvalue weighted by molar-refractivity contribution is 5.96. The van der Waals surface area contributed by atoms with Gasteiger partial charge in [0.15, 0.2) is 18.1 Å². The van der Waals surface area contributed by atoms with Gasteiger partial charge in [-0.25, -0.2) is 9.48 Å². The lowest BCUT2D eigenvalue weighted by Crippen LogP contribution is -2.25. The number of allylic oxidation sites excluding steroid dienone is 1. The SMILES string of the molecule is CN1C(=CC(=O)COC(=O)c2cc(-c3ccccc3)nn2-c2ccccc2)C(C)(C)c2ccccc21. The highest BCUT2D eigenvalue weighted by Gasteiger charge is 2.38. The standard InChI is InChI=1S/C30H27N3O3/c1-30(2)24-16-10-11-17-26(24)32(3)28(30)18-23(34)20-36-29(35)27-19-25(21-12-6-4-7-13-21)31-33(27)22-14-8-5-9-15-22/h4-19H,20H2,1-3H3. The van der Waals surface area contributed by atoms with Gasteiger partial charge in [-0.2, -0.15) is 5.10 Å². The molecule has 6 heteroatoms. The molecule has 0 N–H and O–H groups in total. The molecule has 0 radical (unpaired) electrons. The average molecular weight is 478 g/mol. The molecule has 2 heterocycles. The number of ether oxygens (including phenoxy) is 1. The normalized spacial score (nSPS) is 15.1. The summed E-state index contributed by atoms with van der Waals surface area (Å²) in [7, 11) is 1.95. The Labute approximate surface area is 210 Å². The summed E-state index contributed by atoms with van der Waals surface area (Å²) in [5.41, 5.74) is 5.27. The smallest absolute Gasteiger partial charge is 0.357 e. The van der Waals surface area contributed by atoms with Gasteiger partial charge in [-0.3, -0.25) is 4.79 Å². The van der Waals surface area contributed by atoms with Crippen LogP contribution in [0.3, 0.4) is 0 Å². The van der Waals surface area contributed by atoms with Crippen molar-refractivity contribution in [3.63, 3.8) is 0 Å². The third-order valence-electron chi connectivity index (χ3n) is 6.57. The number of aromatic nitrogens is 2. The van der Waals surface area contributed by atoms with Crippen molar-refractivity contribution in [2.24, 2.45) is 0 Å². The number of ketones is 1. The summed E-state index contributed by atoms with van der Waals surface area (Å²) < 4.78 is 7.03. The fourth-order valence-corrected chi connectivity index (χ4v) is 4.71. The zero-order valence-electron chi connectivity index (χ0n) is 20.5. The van der Waals surface area contributed by atoms with Crippen LogP contribution in [-0.2, 0) is 14.9 Å². The molecule has 0 bridgehead atoms. The van der Waals surface area contributed by atoms with E-state index in [0.29, 0.717) is 5.69 Å². The minimum atomic E-state index is -0.609. The monoisotopic (exact) mass is 477 g/mol. The molecule has 0 saturated heterocycles. The van der Waals surface area contributed by atoms with Crippen LogP contribution in [0.5, 0.6) is 0 Å². The number of carbonyl (C=O) groups is 2. The number of para-hydroxylation sites is 2. The molecule has 0 spiro atoms. The van der Waals surface area contributed by atoms with E-state index in [9.17, 15) is 9.59 Å². The van der Waals surface area contributed by atoms with Crippen molar-refractivity contribution in [2.45, 2.75) is 19.3 Å². The molecule has 0 atom stereocenters. The van der Waals surface area contributed by atoms with Gasteiger partial charge in [0.05, 0.1) is 11.4 Å². The number of fused-ring (bicyclic) bond motifs is 1. The van der Waals surface area contributed by atoms with Gasteiger partial charge in [0, 0.05) is 35.5 Å². The summed E-state index contributed by atoms with van der Waals surface area (Å²) in [5.74, 6) is -0.886. The first kappa shape index (κ1) is 23.3. The van der Waals surface area contributed by atoms with Gasteiger partial charge < -0.3 is 9.64 Å². The van der Waals surface area contributed by atoms with Gasteiger partial charge in [0.2, 0.25) is 0 Å². The molecule has 5 rings (SSSR count). The Bertz CT molecular complexity index is 1450. The Hall–Kier alpha value is -4.45. The zero-order chi connectivity index (χ0) is 25.3. The molecule has 3 aromatic carbocycles. The molecule has 1 aromatic heterocycles. The number of carbonyl (C=O) groups excluding carboxylic acids is 2. The number of nitrogens with zero attached hydrogens (tertiary/aromatic N) is 3. The lowest BCUT2D eigenvalue weighted by atomic mass is 9.83. The molecule has 36 heavy (non-hydrogen) atoms. The molecule has 0 aliphatic carbocycles. The van der Waals surface area contributed by atoms with E-state index in [1.807, 2.05) is 90.8 Å². The number of rotatable bonds is 6. The molecule has 180 valence electrons. The number of benzene rings is 3. The van der Waals surface area contributed by atoms with E-state index >= 15 is 0 Å². The summed E-state index contributed by atoms with van der Waals surface area (Å²) in [6.07, 6.45) is 1.58. The molecule has 0 saturated carbocycles. The maximum atomic E-state index is 13.1. The van der Waals surface area contributed by atoms with Crippen LogP contribution < -0.4 is 4.90 Å². The van der Waals surface area contributed by atoms with Crippen LogP contribution in [0.15, 0.2) is 103 Å². The van der Waals surface area contributed by atoms with Gasteiger partial charge in [0.1, 0.15) is 0 Å². The fourth-order valence-electron chi connectivity index (χ4n) is 4.71. The second kappa shape index (κ2) is 9.30. The quantitative estimate of drug-likeness (QED) is 0.268. The van der Waals surface area contributed by atoms with Gasteiger partial charge >= 0.3 is 5.97 Å². The van der Waals surface area contributed by atoms with E-state index in [-0.39, 0.29) is 23.5 Å². The predicted octanol–water partition coefficient (Wildman–Crippen LogP) is 5.58. The first-order valence-electron chi connectivity index (χ1n) is 11.8. The number of hydrogen-bond donors (Lipinski definition) is 0. The van der Waals surface area contributed by atoms with Gasteiger partial charge in [-0.15, -0.1) is 0 Å². The number of esters is 1. The molecule has 4 aromatic rings. The van der Waals surface area contributed by atoms with E-state index in [4.69, 9.17) is 4.74 Å². The lowest BCUT2D eigenvalue weighted by molar-refractivity contribution is -0.117. The van der Waals surface area contributed by atoms with Crippen LogP contribution in [0.25, 0.3) is 16.9 Å². The molecule has 1 aliphatic rings. The van der Waals surface area contributed by atoms with Crippen LogP contribution in [-0.4, -0.2) is 35.2 Å². The maximum absolute atomic E-state index is 13.1. The summed E-state index contributed by atoms with van der Waals surface area (Å²) in [6.45, 7) is 3.82. The number of hydrogen-bond acceptors (Lipinski definition) is 5. The van der Waals surface area contributed by atoms with Crippen LogP contribution >= 0.6 is 0 Å². The Morgan fingerprint density at radius 2 is 1.56 bits per heavy atom. The second-order valence-electron chi connectivity index (χ2n) is 9.30. The van der Waals surface area contributed by atoms with E-state index < -0.39 is 5.97 Å². The van der Waals surface area contributed by atoms with E-state index in [1.165, 1.54) is 0 Å². The van der Waals surface area contributed by atoms with Gasteiger partial charge in [0.25, 0.3) is 0 Å². The molecule has 6 nitrogen and oxygen atoms in total. The van der Waals surface area contributed by atoms with Crippen LogP contribution in [0, 0.1) is 0 Å². The maximum Gasteiger partial charge on any atom is 0.357 e. The Morgan fingerprint density at radius 3 is 2.25 bits per heavy atom. The van der Waals surface area contributed by atoms with Crippen LogP contribution in [0.4, 0.5) is 5.69 Å². The van der Waals surface area contributed by atoms with Crippen molar-refractivity contribution in [3.8, 4) is 16.9 Å². The highest BCUT2D eigenvalue weighted by atomic mass is 16.5. The number of likely N-dealkylation sites (N-methyl/N-ethyl adjacent to an activating group) is 1. The highest BCUT2D eigenvalue weighted by Crippen LogP contribution is 2.46. The lowest BCUT2D eigenvalue weighted by Gasteiger charge is -2.23. The van der Waals surface area contributed by atoms with Crippen molar-refractivity contribution in [2.75, 3.05) is 18.6 Å². The Kier molecular flexibility index (Phi) is 6.02. The molecule has 1 aliphatic heterocycles. The van der Waals surface area contributed by atoms with Gasteiger partial charge in [-0.1, -0.05) is 80.6 Å². The second-order valence-corrected chi connectivity index (χ2v) is 9.30. The first-order valence-corrected chi connectivity index (χ1v) is 11.8. The van der Waals surface area contributed by atoms with E-state index in [0.717, 1.165) is 28.2 Å². The van der Waals surface area contributed by atoms with E-state index in [2.05, 4.69) is 25.0 Å². The first-order chi connectivity index (χ1) is 17.4. The molecule has 0 unspecified atom stereocenters. The minimum Gasteiger partial charge on any atom is -0.453 e. The molecular weight excluding hydrogens is 450 g/mol. The molecular formula is C30H27N3O3. The summed E-state index contributed by atoms with van der Waals surface area (Å²) in [6, 6.07) is 28.8. The van der Waals surface area contributed by atoms with Crippen molar-refractivity contribution in [3.05, 3.63) is 114 Å². The van der Waals surface area contributed by atoms with Crippen LogP contribution in [0.1, 0.15) is 29.9 Å². The molecule has 0 fully saturated rings. The van der Waals surface area contributed by atoms with E-state index in [1.54, 1.807) is 16.8 Å². The third-order valence-corrected chi connectivity index (χ3v) is 6.57. The minimum absolute atomic E-state index is 0.256.